The van der Waals surface area contributed by atoms with Gasteiger partial charge in [-0.15, -0.1) is 0 Å². The van der Waals surface area contributed by atoms with Gasteiger partial charge in [-0.05, 0) is 12.2 Å². The standard InChI is InChI=1S/C7H9NO3/c9-7(10)5-8-6-1-3-11-4-2-6/h1-3,8H,4-5H2,(H,9,10). The lowest BCUT2D eigenvalue weighted by molar-refractivity contribution is -0.135. The molecule has 11 heavy (non-hydrogen) atoms. The summed E-state index contributed by atoms with van der Waals surface area (Å²) in [6.45, 7) is 0.439. The zero-order valence-electron chi connectivity index (χ0n) is 5.91. The van der Waals surface area contributed by atoms with Crippen LogP contribution in [0.3, 0.4) is 0 Å². The van der Waals surface area contributed by atoms with Gasteiger partial charge < -0.3 is 15.2 Å². The molecule has 0 amide bonds. The zero-order valence-corrected chi connectivity index (χ0v) is 5.91. The van der Waals surface area contributed by atoms with Crippen LogP contribution in [-0.2, 0) is 9.53 Å². The molecule has 2 N–H and O–H groups in total. The topological polar surface area (TPSA) is 58.6 Å². The van der Waals surface area contributed by atoms with Gasteiger partial charge in [0.2, 0.25) is 0 Å². The highest BCUT2D eigenvalue weighted by Crippen LogP contribution is 1.98. The van der Waals surface area contributed by atoms with Crippen molar-refractivity contribution in [2.75, 3.05) is 13.2 Å². The predicted octanol–water partition coefficient (Wildman–Crippen LogP) is 0.0884. The van der Waals surface area contributed by atoms with Crippen LogP contribution in [0.5, 0.6) is 0 Å². The molecular formula is C7H9NO3. The predicted molar refractivity (Wildman–Crippen MR) is 38.8 cm³/mol. The molecule has 0 aromatic heterocycles. The second-order valence-electron chi connectivity index (χ2n) is 2.04. The molecule has 4 nitrogen and oxygen atoms in total. The third-order valence-electron chi connectivity index (χ3n) is 1.19. The molecule has 0 unspecified atom stereocenters. The highest BCUT2D eigenvalue weighted by atomic mass is 16.5. The number of hydrogen-bond acceptors (Lipinski definition) is 3. The van der Waals surface area contributed by atoms with E-state index in [0.29, 0.717) is 6.61 Å². The minimum Gasteiger partial charge on any atom is -0.497 e. The Morgan fingerprint density at radius 3 is 3.18 bits per heavy atom. The van der Waals surface area contributed by atoms with E-state index in [2.05, 4.69) is 5.32 Å². The lowest BCUT2D eigenvalue weighted by Crippen LogP contribution is -2.22. The molecule has 1 aliphatic rings. The van der Waals surface area contributed by atoms with Crippen LogP contribution < -0.4 is 5.32 Å². The first kappa shape index (κ1) is 7.65. The molecule has 0 saturated heterocycles. The van der Waals surface area contributed by atoms with Crippen molar-refractivity contribution in [2.24, 2.45) is 0 Å². The van der Waals surface area contributed by atoms with Gasteiger partial charge in [-0.3, -0.25) is 4.79 Å². The molecule has 0 atom stereocenters. The van der Waals surface area contributed by atoms with Crippen molar-refractivity contribution in [3.05, 3.63) is 24.1 Å². The molecule has 0 bridgehead atoms. The molecule has 0 aliphatic carbocycles. The maximum Gasteiger partial charge on any atom is 0.322 e. The van der Waals surface area contributed by atoms with Crippen LogP contribution in [-0.4, -0.2) is 24.2 Å². The molecule has 1 aliphatic heterocycles. The Kier molecular flexibility index (Phi) is 2.54. The first-order valence-corrected chi connectivity index (χ1v) is 3.23. The summed E-state index contributed by atoms with van der Waals surface area (Å²) in [5, 5.41) is 11.0. The second kappa shape index (κ2) is 3.65. The Hall–Kier alpha value is -1.45. The van der Waals surface area contributed by atoms with Gasteiger partial charge in [-0.25, -0.2) is 0 Å². The average molecular weight is 155 g/mol. The van der Waals surface area contributed by atoms with Crippen LogP contribution >= 0.6 is 0 Å². The van der Waals surface area contributed by atoms with Gasteiger partial charge in [0.15, 0.2) is 0 Å². The summed E-state index contributed by atoms with van der Waals surface area (Å²) in [5.41, 5.74) is 0.790. The number of hydrogen-bond donors (Lipinski definition) is 2. The summed E-state index contributed by atoms with van der Waals surface area (Å²) >= 11 is 0. The Balaban J connectivity index is 2.31. The summed E-state index contributed by atoms with van der Waals surface area (Å²) in [7, 11) is 0. The first-order valence-electron chi connectivity index (χ1n) is 3.23. The number of carboxylic acid groups (broad SMARTS) is 1. The van der Waals surface area contributed by atoms with E-state index in [9.17, 15) is 4.79 Å². The van der Waals surface area contributed by atoms with E-state index in [1.54, 1.807) is 12.2 Å². The van der Waals surface area contributed by atoms with Gasteiger partial charge in [0, 0.05) is 5.70 Å². The van der Waals surface area contributed by atoms with Gasteiger partial charge >= 0.3 is 5.97 Å². The van der Waals surface area contributed by atoms with Crippen molar-refractivity contribution in [3.63, 3.8) is 0 Å². The normalized spacial score (nSPS) is 15.1. The minimum absolute atomic E-state index is 0.0594. The van der Waals surface area contributed by atoms with E-state index in [1.807, 2.05) is 0 Å². The van der Waals surface area contributed by atoms with E-state index in [-0.39, 0.29) is 6.54 Å². The Labute approximate surface area is 64.2 Å². The van der Waals surface area contributed by atoms with E-state index in [4.69, 9.17) is 9.84 Å². The van der Waals surface area contributed by atoms with E-state index in [0.717, 1.165) is 5.70 Å². The fourth-order valence-electron chi connectivity index (χ4n) is 0.692. The van der Waals surface area contributed by atoms with Crippen LogP contribution in [0.15, 0.2) is 24.1 Å². The molecular weight excluding hydrogens is 146 g/mol. The van der Waals surface area contributed by atoms with Gasteiger partial charge in [0.1, 0.15) is 13.2 Å². The van der Waals surface area contributed by atoms with Gasteiger partial charge in [-0.1, -0.05) is 0 Å². The van der Waals surface area contributed by atoms with Gasteiger partial charge in [-0.2, -0.15) is 0 Å². The summed E-state index contributed by atoms with van der Waals surface area (Å²) in [5.74, 6) is -0.870. The number of rotatable bonds is 3. The molecule has 0 aromatic carbocycles. The third kappa shape index (κ3) is 2.75. The lowest BCUT2D eigenvalue weighted by Gasteiger charge is -2.08. The molecule has 0 aromatic rings. The number of carboxylic acids is 1. The van der Waals surface area contributed by atoms with Gasteiger partial charge in [0.05, 0.1) is 6.26 Å². The van der Waals surface area contributed by atoms with E-state index < -0.39 is 5.97 Å². The highest BCUT2D eigenvalue weighted by Gasteiger charge is 1.98. The van der Waals surface area contributed by atoms with Crippen LogP contribution in [0.1, 0.15) is 0 Å². The van der Waals surface area contributed by atoms with Gasteiger partial charge in [0.25, 0.3) is 0 Å². The summed E-state index contributed by atoms with van der Waals surface area (Å²) in [6, 6.07) is 0. The van der Waals surface area contributed by atoms with Crippen molar-refractivity contribution in [3.8, 4) is 0 Å². The SMILES string of the molecule is O=C(O)CNC1=CCOC=C1. The van der Waals surface area contributed by atoms with E-state index >= 15 is 0 Å². The van der Waals surface area contributed by atoms with Crippen molar-refractivity contribution in [1.29, 1.82) is 0 Å². The quantitative estimate of drug-likeness (QED) is 0.606. The minimum atomic E-state index is -0.870. The van der Waals surface area contributed by atoms with Crippen LogP contribution in [0.25, 0.3) is 0 Å². The maximum absolute atomic E-state index is 10.1. The smallest absolute Gasteiger partial charge is 0.322 e. The fraction of sp³-hybridized carbons (Fsp3) is 0.286. The molecule has 60 valence electrons. The Morgan fingerprint density at radius 1 is 1.82 bits per heavy atom. The first-order chi connectivity index (χ1) is 5.29. The van der Waals surface area contributed by atoms with Crippen molar-refractivity contribution >= 4 is 5.97 Å². The van der Waals surface area contributed by atoms with Crippen LogP contribution in [0.2, 0.25) is 0 Å². The molecule has 1 heterocycles. The Morgan fingerprint density at radius 2 is 2.64 bits per heavy atom. The fourth-order valence-corrected chi connectivity index (χ4v) is 0.692. The number of carbonyl (C=O) groups is 1. The summed E-state index contributed by atoms with van der Waals surface area (Å²) < 4.78 is 4.86. The molecule has 0 radical (unpaired) electrons. The monoisotopic (exact) mass is 155 g/mol. The van der Waals surface area contributed by atoms with Crippen molar-refractivity contribution in [1.82, 2.24) is 5.32 Å². The van der Waals surface area contributed by atoms with Crippen LogP contribution in [0.4, 0.5) is 0 Å². The third-order valence-corrected chi connectivity index (χ3v) is 1.19. The average Bonchev–Trinajstić information content (AvgIpc) is 2.03. The molecule has 0 spiro atoms. The highest BCUT2D eigenvalue weighted by molar-refractivity contribution is 5.69. The van der Waals surface area contributed by atoms with E-state index in [1.165, 1.54) is 6.26 Å². The number of aliphatic carboxylic acids is 1. The number of allylic oxidation sites excluding steroid dienone is 1. The zero-order chi connectivity index (χ0) is 8.10. The Bertz CT molecular complexity index is 208. The molecule has 1 rings (SSSR count). The second-order valence-corrected chi connectivity index (χ2v) is 2.04. The van der Waals surface area contributed by atoms with Crippen molar-refractivity contribution in [2.45, 2.75) is 0 Å². The van der Waals surface area contributed by atoms with Crippen LogP contribution in [0, 0.1) is 0 Å². The maximum atomic E-state index is 10.1. The largest absolute Gasteiger partial charge is 0.497 e. The lowest BCUT2D eigenvalue weighted by atomic mass is 10.3. The molecule has 0 fully saturated rings. The number of ether oxygens (including phenoxy) is 1. The van der Waals surface area contributed by atoms with Crippen molar-refractivity contribution < 1.29 is 14.6 Å². The number of nitrogens with one attached hydrogen (secondary N) is 1. The summed E-state index contributed by atoms with van der Waals surface area (Å²) in [6.07, 6.45) is 5.00. The summed E-state index contributed by atoms with van der Waals surface area (Å²) in [4.78, 5) is 10.1. The molecule has 0 saturated carbocycles. The molecule has 4 heteroatoms.